The Morgan fingerprint density at radius 3 is 2.46 bits per heavy atom. The third-order valence-corrected chi connectivity index (χ3v) is 6.28. The first-order valence-electron chi connectivity index (χ1n) is 7.83. The zero-order valence-corrected chi connectivity index (χ0v) is 18.1. The molecule has 2 N–H and O–H groups in total. The van der Waals surface area contributed by atoms with E-state index in [-0.39, 0.29) is 5.69 Å². The van der Waals surface area contributed by atoms with Crippen LogP contribution in [0.4, 0.5) is 5.69 Å². The average Bonchev–Trinajstić information content (AvgIpc) is 2.63. The van der Waals surface area contributed by atoms with Gasteiger partial charge in [0, 0.05) is 42.2 Å². The fraction of sp³-hybridized carbons (Fsp3) is 0.400. The largest absolute Gasteiger partial charge is 0.341 e. The first-order chi connectivity index (χ1) is 12.4. The van der Waals surface area contributed by atoms with E-state index in [0.717, 1.165) is 0 Å². The van der Waals surface area contributed by atoms with E-state index in [2.05, 4.69) is 47.0 Å². The summed E-state index contributed by atoms with van der Waals surface area (Å²) in [5.41, 5.74) is 0.677. The van der Waals surface area contributed by atoms with Crippen molar-refractivity contribution in [1.29, 1.82) is 0 Å². The number of nitrogens with zero attached hydrogens (tertiary/aromatic N) is 2. The summed E-state index contributed by atoms with van der Waals surface area (Å²) < 4.78 is 18.9. The molecule has 1 aromatic carbocycles. The van der Waals surface area contributed by atoms with Gasteiger partial charge in [0.25, 0.3) is 5.69 Å². The molecule has 0 aliphatic rings. The lowest BCUT2D eigenvalue weighted by Crippen LogP contribution is -2.27. The molecule has 0 spiro atoms. The molecule has 8 nitrogen and oxygen atoms in total. The standard InChI is InChI=1S/C15H19Br2N4O4P/c1-11(25-26(24,19-8-5-16)20-9-6-17)12-2-3-15(21(22)23)14-10-18-7-4-13(12)14/h2-4,7,10-11H,5-6,8-9H2,1H3,(H2,19,20,24). The van der Waals surface area contributed by atoms with Crippen LogP contribution in [0.15, 0.2) is 30.6 Å². The third-order valence-electron chi connectivity index (χ3n) is 3.60. The van der Waals surface area contributed by atoms with E-state index in [9.17, 15) is 14.7 Å². The van der Waals surface area contributed by atoms with Crippen LogP contribution < -0.4 is 10.2 Å². The number of hydrogen-bond donors (Lipinski definition) is 2. The molecule has 0 bridgehead atoms. The third kappa shape index (κ3) is 5.31. The molecule has 0 fully saturated rings. The van der Waals surface area contributed by atoms with E-state index >= 15 is 0 Å². The van der Waals surface area contributed by atoms with Gasteiger partial charge in [0.1, 0.15) is 0 Å². The number of pyridine rings is 1. The molecule has 1 heterocycles. The second kappa shape index (κ2) is 9.87. The van der Waals surface area contributed by atoms with E-state index in [1.807, 2.05) is 0 Å². The fourth-order valence-corrected chi connectivity index (χ4v) is 5.14. The minimum atomic E-state index is -3.29. The predicted molar refractivity (Wildman–Crippen MR) is 109 cm³/mol. The molecule has 2 aromatic rings. The van der Waals surface area contributed by atoms with Crippen molar-refractivity contribution in [2.75, 3.05) is 23.7 Å². The van der Waals surface area contributed by atoms with E-state index in [1.54, 1.807) is 25.3 Å². The van der Waals surface area contributed by atoms with Crippen LogP contribution in [0.1, 0.15) is 18.6 Å². The molecule has 0 radical (unpaired) electrons. The number of benzene rings is 1. The molecule has 1 atom stereocenters. The van der Waals surface area contributed by atoms with Crippen molar-refractivity contribution in [3.8, 4) is 0 Å². The van der Waals surface area contributed by atoms with Crippen molar-refractivity contribution in [3.05, 3.63) is 46.3 Å². The normalized spacial score (nSPS) is 13.0. The molecule has 0 saturated carbocycles. The molecule has 0 aliphatic carbocycles. The first kappa shape index (κ1) is 21.4. The van der Waals surface area contributed by atoms with E-state index in [0.29, 0.717) is 40.1 Å². The number of nitro groups is 1. The van der Waals surface area contributed by atoms with Crippen LogP contribution in [-0.4, -0.2) is 33.7 Å². The maximum atomic E-state index is 13.0. The van der Waals surface area contributed by atoms with Gasteiger partial charge in [0.2, 0.25) is 0 Å². The summed E-state index contributed by atoms with van der Waals surface area (Å²) in [5, 5.41) is 19.3. The number of alkyl halides is 2. The fourth-order valence-electron chi connectivity index (χ4n) is 2.50. The lowest BCUT2D eigenvalue weighted by Gasteiger charge is -2.24. The van der Waals surface area contributed by atoms with Gasteiger partial charge in [-0.15, -0.1) is 0 Å². The molecule has 0 amide bonds. The minimum absolute atomic E-state index is 0.0259. The van der Waals surface area contributed by atoms with Crippen molar-refractivity contribution in [2.24, 2.45) is 0 Å². The van der Waals surface area contributed by atoms with Gasteiger partial charge in [0.15, 0.2) is 0 Å². The molecule has 26 heavy (non-hydrogen) atoms. The summed E-state index contributed by atoms with van der Waals surface area (Å²) in [6.07, 6.45) is 2.46. The number of aromatic nitrogens is 1. The predicted octanol–water partition coefficient (Wildman–Crippen LogP) is 4.30. The zero-order chi connectivity index (χ0) is 19.2. The first-order valence-corrected chi connectivity index (χ1v) is 11.7. The molecule has 2 rings (SSSR count). The van der Waals surface area contributed by atoms with Crippen molar-refractivity contribution >= 4 is 56.0 Å². The summed E-state index contributed by atoms with van der Waals surface area (Å²) in [7, 11) is -3.29. The van der Waals surface area contributed by atoms with Gasteiger partial charge >= 0.3 is 7.67 Å². The Bertz CT molecular complexity index is 811. The maximum absolute atomic E-state index is 13.0. The number of fused-ring (bicyclic) bond motifs is 1. The molecule has 0 aliphatic heterocycles. The Kier molecular flexibility index (Phi) is 8.12. The summed E-state index contributed by atoms with van der Waals surface area (Å²) in [6, 6.07) is 4.74. The summed E-state index contributed by atoms with van der Waals surface area (Å²) in [5.74, 6) is 0. The number of nitrogens with one attached hydrogen (secondary N) is 2. The number of nitro benzene ring substituents is 1. The van der Waals surface area contributed by atoms with Crippen LogP contribution in [0.3, 0.4) is 0 Å². The molecular weight excluding hydrogens is 491 g/mol. The topological polar surface area (TPSA) is 106 Å². The quantitative estimate of drug-likeness (QED) is 0.213. The molecular formula is C15H19Br2N4O4P. The second-order valence-electron chi connectivity index (χ2n) is 5.35. The maximum Gasteiger partial charge on any atom is 0.341 e. The molecule has 0 saturated heterocycles. The van der Waals surface area contributed by atoms with E-state index in [1.165, 1.54) is 12.3 Å². The SMILES string of the molecule is CC(OP(=O)(NCCBr)NCCBr)c1ccc([N+](=O)[O-])c2cnccc12. The van der Waals surface area contributed by atoms with Gasteiger partial charge in [-0.05, 0) is 30.0 Å². The van der Waals surface area contributed by atoms with Gasteiger partial charge in [-0.2, -0.15) is 0 Å². The van der Waals surface area contributed by atoms with E-state index in [4.69, 9.17) is 4.52 Å². The van der Waals surface area contributed by atoms with Crippen LogP contribution in [0.25, 0.3) is 10.8 Å². The smallest absolute Gasteiger partial charge is 0.298 e. The van der Waals surface area contributed by atoms with Gasteiger partial charge in [-0.25, -0.2) is 10.2 Å². The van der Waals surface area contributed by atoms with Gasteiger partial charge in [0.05, 0.1) is 16.4 Å². The number of rotatable bonds is 10. The monoisotopic (exact) mass is 508 g/mol. The number of hydrogen-bond acceptors (Lipinski definition) is 5. The van der Waals surface area contributed by atoms with Crippen LogP contribution in [0.2, 0.25) is 0 Å². The van der Waals surface area contributed by atoms with Gasteiger partial charge in [-0.3, -0.25) is 24.2 Å². The molecule has 1 unspecified atom stereocenters. The number of halogens is 2. The van der Waals surface area contributed by atoms with Gasteiger partial charge in [-0.1, -0.05) is 31.9 Å². The summed E-state index contributed by atoms with van der Waals surface area (Å²) in [4.78, 5) is 14.8. The minimum Gasteiger partial charge on any atom is -0.298 e. The highest BCUT2D eigenvalue weighted by Crippen LogP contribution is 2.44. The molecule has 142 valence electrons. The summed E-state index contributed by atoms with van der Waals surface area (Å²) >= 11 is 6.58. The Hall–Kier alpha value is -0.900. The van der Waals surface area contributed by atoms with Crippen LogP contribution in [0.5, 0.6) is 0 Å². The Balaban J connectivity index is 2.36. The Morgan fingerprint density at radius 2 is 1.88 bits per heavy atom. The molecule has 11 heteroatoms. The van der Waals surface area contributed by atoms with Crippen molar-refractivity contribution in [2.45, 2.75) is 13.0 Å². The van der Waals surface area contributed by atoms with E-state index < -0.39 is 18.7 Å². The number of non-ortho nitro benzene ring substituents is 1. The zero-order valence-electron chi connectivity index (χ0n) is 14.0. The Labute approximate surface area is 168 Å². The summed E-state index contributed by atoms with van der Waals surface area (Å²) in [6.45, 7) is 2.69. The van der Waals surface area contributed by atoms with Crippen LogP contribution in [0, 0.1) is 10.1 Å². The van der Waals surface area contributed by atoms with Crippen LogP contribution in [-0.2, 0) is 9.09 Å². The highest BCUT2D eigenvalue weighted by atomic mass is 79.9. The average molecular weight is 510 g/mol. The van der Waals surface area contributed by atoms with Crippen molar-refractivity contribution < 1.29 is 14.0 Å². The highest BCUT2D eigenvalue weighted by molar-refractivity contribution is 9.09. The van der Waals surface area contributed by atoms with Crippen LogP contribution >= 0.6 is 39.5 Å². The van der Waals surface area contributed by atoms with Gasteiger partial charge < -0.3 is 0 Å². The molecule has 1 aromatic heterocycles. The Morgan fingerprint density at radius 1 is 1.23 bits per heavy atom. The second-order valence-corrected chi connectivity index (χ2v) is 8.88. The van der Waals surface area contributed by atoms with Crippen molar-refractivity contribution in [3.63, 3.8) is 0 Å². The lowest BCUT2D eigenvalue weighted by atomic mass is 10.0. The van der Waals surface area contributed by atoms with Crippen molar-refractivity contribution in [1.82, 2.24) is 15.2 Å². The lowest BCUT2D eigenvalue weighted by molar-refractivity contribution is -0.383. The highest BCUT2D eigenvalue weighted by Gasteiger charge is 2.27.